The van der Waals surface area contributed by atoms with Crippen LogP contribution in [0.15, 0.2) is 36.4 Å². The number of fused-ring (bicyclic) bond motifs is 1. The predicted molar refractivity (Wildman–Crippen MR) is 107 cm³/mol. The minimum Gasteiger partial charge on any atom is -0.493 e. The van der Waals surface area contributed by atoms with Crippen molar-refractivity contribution in [3.8, 4) is 11.5 Å². The first kappa shape index (κ1) is 19.3. The van der Waals surface area contributed by atoms with Crippen LogP contribution < -0.4 is 19.1 Å². The lowest BCUT2D eigenvalue weighted by molar-refractivity contribution is 0.353. The van der Waals surface area contributed by atoms with E-state index in [4.69, 9.17) is 9.47 Å². The van der Waals surface area contributed by atoms with E-state index in [2.05, 4.69) is 9.62 Å². The van der Waals surface area contributed by atoms with E-state index in [1.54, 1.807) is 26.4 Å². The fourth-order valence-electron chi connectivity index (χ4n) is 3.08. The molecule has 0 unspecified atom stereocenters. The maximum absolute atomic E-state index is 11.9. The second kappa shape index (κ2) is 7.66. The van der Waals surface area contributed by atoms with E-state index in [0.717, 1.165) is 41.0 Å². The molecule has 0 bridgehead atoms. The molecule has 0 saturated heterocycles. The van der Waals surface area contributed by atoms with Gasteiger partial charge < -0.3 is 14.4 Å². The van der Waals surface area contributed by atoms with Crippen molar-refractivity contribution in [2.45, 2.75) is 13.0 Å². The summed E-state index contributed by atoms with van der Waals surface area (Å²) in [5.41, 5.74) is 4.05. The Labute approximate surface area is 160 Å². The summed E-state index contributed by atoms with van der Waals surface area (Å²) in [4.78, 5) is 2.26. The summed E-state index contributed by atoms with van der Waals surface area (Å²) in [5, 5.41) is 0. The number of anilines is 2. The third-order valence-corrected chi connectivity index (χ3v) is 6.13. The normalized spacial score (nSPS) is 14.0. The van der Waals surface area contributed by atoms with E-state index < -0.39 is 10.2 Å². The van der Waals surface area contributed by atoms with Crippen LogP contribution in [0, 0.1) is 0 Å². The van der Waals surface area contributed by atoms with Crippen LogP contribution in [0.25, 0.3) is 0 Å². The number of hydrogen-bond donors (Lipinski definition) is 1. The Morgan fingerprint density at radius 3 is 2.15 bits per heavy atom. The molecule has 1 heterocycles. The fraction of sp³-hybridized carbons (Fsp3) is 0.368. The van der Waals surface area contributed by atoms with E-state index in [9.17, 15) is 8.42 Å². The summed E-state index contributed by atoms with van der Waals surface area (Å²) in [5.74, 6) is 1.48. The zero-order chi connectivity index (χ0) is 19.6. The number of ether oxygens (including phenoxy) is 2. The van der Waals surface area contributed by atoms with Crippen LogP contribution in [-0.2, 0) is 23.2 Å². The van der Waals surface area contributed by atoms with Gasteiger partial charge in [-0.2, -0.15) is 12.7 Å². The molecule has 0 atom stereocenters. The third-order valence-electron chi connectivity index (χ3n) is 4.68. The Balaban J connectivity index is 1.77. The highest BCUT2D eigenvalue weighted by atomic mass is 32.2. The monoisotopic (exact) mass is 391 g/mol. The van der Waals surface area contributed by atoms with E-state index in [0.29, 0.717) is 5.69 Å². The van der Waals surface area contributed by atoms with Crippen molar-refractivity contribution in [3.63, 3.8) is 0 Å². The molecular formula is C19H25N3O4S. The molecule has 0 radical (unpaired) electrons. The first-order chi connectivity index (χ1) is 12.8. The summed E-state index contributed by atoms with van der Waals surface area (Å²) in [6.45, 7) is 1.64. The van der Waals surface area contributed by atoms with Crippen LogP contribution >= 0.6 is 0 Å². The number of benzene rings is 2. The zero-order valence-corrected chi connectivity index (χ0v) is 16.8. The van der Waals surface area contributed by atoms with E-state index in [1.807, 2.05) is 24.3 Å². The number of rotatable bonds is 6. The molecule has 0 spiro atoms. The highest BCUT2D eigenvalue weighted by Crippen LogP contribution is 2.34. The lowest BCUT2D eigenvalue weighted by Crippen LogP contribution is -2.30. The smallest absolute Gasteiger partial charge is 0.301 e. The van der Waals surface area contributed by atoms with E-state index in [1.165, 1.54) is 25.2 Å². The summed E-state index contributed by atoms with van der Waals surface area (Å²) in [6.07, 6.45) is 0.907. The van der Waals surface area contributed by atoms with Gasteiger partial charge in [-0.25, -0.2) is 0 Å². The van der Waals surface area contributed by atoms with Crippen molar-refractivity contribution in [2.24, 2.45) is 0 Å². The van der Waals surface area contributed by atoms with Crippen molar-refractivity contribution in [1.29, 1.82) is 0 Å². The van der Waals surface area contributed by atoms with Crippen LogP contribution in [-0.4, -0.2) is 47.6 Å². The fourth-order valence-corrected chi connectivity index (χ4v) is 3.70. The average Bonchev–Trinajstić information content (AvgIpc) is 2.66. The second-order valence-electron chi connectivity index (χ2n) is 6.58. The Kier molecular flexibility index (Phi) is 5.48. The molecule has 1 aliphatic rings. The Bertz CT molecular complexity index is 911. The van der Waals surface area contributed by atoms with Gasteiger partial charge in [0.25, 0.3) is 0 Å². The van der Waals surface area contributed by atoms with Gasteiger partial charge in [0.1, 0.15) is 0 Å². The third kappa shape index (κ3) is 4.12. The Morgan fingerprint density at radius 1 is 1.00 bits per heavy atom. The number of methoxy groups -OCH3 is 2. The second-order valence-corrected chi connectivity index (χ2v) is 8.47. The van der Waals surface area contributed by atoms with Crippen molar-refractivity contribution in [2.75, 3.05) is 44.5 Å². The first-order valence-corrected chi connectivity index (χ1v) is 10.1. The minimum atomic E-state index is -3.50. The average molecular weight is 391 g/mol. The standard InChI is InChI=1S/C19H25N3O4S/c1-21(2)27(23,24)20-16-5-7-17(8-6-16)22-10-9-14-11-18(25-3)19(26-4)12-15(14)13-22/h5-8,11-12,20H,9-10,13H2,1-4H3. The van der Waals surface area contributed by atoms with E-state index in [-0.39, 0.29) is 0 Å². The summed E-state index contributed by atoms with van der Waals surface area (Å²) in [6, 6.07) is 11.5. The van der Waals surface area contributed by atoms with Crippen LogP contribution in [0.4, 0.5) is 11.4 Å². The highest BCUT2D eigenvalue weighted by molar-refractivity contribution is 7.90. The van der Waals surface area contributed by atoms with E-state index >= 15 is 0 Å². The van der Waals surface area contributed by atoms with Gasteiger partial charge in [0.2, 0.25) is 0 Å². The van der Waals surface area contributed by atoms with Gasteiger partial charge in [-0.3, -0.25) is 4.72 Å². The van der Waals surface area contributed by atoms with Crippen molar-refractivity contribution in [1.82, 2.24) is 4.31 Å². The van der Waals surface area contributed by atoms with Crippen LogP contribution in [0.2, 0.25) is 0 Å². The molecule has 1 N–H and O–H groups in total. The molecule has 3 rings (SSSR count). The molecule has 1 aliphatic heterocycles. The van der Waals surface area contributed by atoms with Crippen molar-refractivity contribution < 1.29 is 17.9 Å². The maximum Gasteiger partial charge on any atom is 0.301 e. The summed E-state index contributed by atoms with van der Waals surface area (Å²) >= 11 is 0. The van der Waals surface area contributed by atoms with Crippen molar-refractivity contribution >= 4 is 21.6 Å². The van der Waals surface area contributed by atoms with Gasteiger partial charge in [-0.15, -0.1) is 0 Å². The SMILES string of the molecule is COc1cc2c(cc1OC)CN(c1ccc(NS(=O)(=O)N(C)C)cc1)CC2. The van der Waals surface area contributed by atoms with Gasteiger partial charge in [-0.05, 0) is 53.9 Å². The van der Waals surface area contributed by atoms with Gasteiger partial charge in [0.05, 0.1) is 14.2 Å². The molecule has 0 saturated carbocycles. The van der Waals surface area contributed by atoms with Gasteiger partial charge in [-0.1, -0.05) is 0 Å². The quantitative estimate of drug-likeness (QED) is 0.819. The molecular weight excluding hydrogens is 366 g/mol. The molecule has 2 aromatic rings. The molecule has 0 amide bonds. The largest absolute Gasteiger partial charge is 0.493 e. The zero-order valence-electron chi connectivity index (χ0n) is 16.0. The van der Waals surface area contributed by atoms with Crippen LogP contribution in [0.5, 0.6) is 11.5 Å². The number of nitrogens with zero attached hydrogens (tertiary/aromatic N) is 2. The number of nitrogens with one attached hydrogen (secondary N) is 1. The van der Waals surface area contributed by atoms with Gasteiger partial charge >= 0.3 is 10.2 Å². The Hall–Kier alpha value is -2.45. The summed E-state index contributed by atoms with van der Waals surface area (Å²) in [7, 11) is 2.76. The predicted octanol–water partition coefficient (Wildman–Crippen LogP) is 2.48. The van der Waals surface area contributed by atoms with Crippen molar-refractivity contribution in [3.05, 3.63) is 47.5 Å². The lowest BCUT2D eigenvalue weighted by atomic mass is 9.98. The topological polar surface area (TPSA) is 71.1 Å². The summed E-state index contributed by atoms with van der Waals surface area (Å²) < 4.78 is 38.3. The van der Waals surface area contributed by atoms with Gasteiger partial charge in [0, 0.05) is 38.6 Å². The van der Waals surface area contributed by atoms with Crippen LogP contribution in [0.3, 0.4) is 0 Å². The molecule has 0 fully saturated rings. The Morgan fingerprint density at radius 2 is 1.59 bits per heavy atom. The number of hydrogen-bond acceptors (Lipinski definition) is 5. The lowest BCUT2D eigenvalue weighted by Gasteiger charge is -2.31. The first-order valence-electron chi connectivity index (χ1n) is 8.63. The molecule has 146 valence electrons. The molecule has 8 heteroatoms. The highest BCUT2D eigenvalue weighted by Gasteiger charge is 2.20. The molecule has 7 nitrogen and oxygen atoms in total. The molecule has 0 aromatic heterocycles. The van der Waals surface area contributed by atoms with Gasteiger partial charge in [0.15, 0.2) is 11.5 Å². The molecule has 2 aromatic carbocycles. The van der Waals surface area contributed by atoms with Crippen LogP contribution in [0.1, 0.15) is 11.1 Å². The maximum atomic E-state index is 11.9. The molecule has 0 aliphatic carbocycles. The molecule has 27 heavy (non-hydrogen) atoms. The minimum absolute atomic E-state index is 0.538.